The van der Waals surface area contributed by atoms with Crippen LogP contribution in [0.3, 0.4) is 0 Å². The van der Waals surface area contributed by atoms with E-state index in [1.54, 1.807) is 52.3 Å². The van der Waals surface area contributed by atoms with Gasteiger partial charge in [-0.2, -0.15) is 0 Å². The number of hydrogen-bond acceptors (Lipinski definition) is 4. The topological polar surface area (TPSA) is 79.0 Å². The van der Waals surface area contributed by atoms with Crippen LogP contribution < -0.4 is 10.1 Å². The first-order valence-corrected chi connectivity index (χ1v) is 11.1. The summed E-state index contributed by atoms with van der Waals surface area (Å²) in [6, 6.07) is 13.9. The summed E-state index contributed by atoms with van der Waals surface area (Å²) < 4.78 is 5.25. The van der Waals surface area contributed by atoms with E-state index in [1.165, 1.54) is 7.11 Å². The molecule has 8 heteroatoms. The number of ether oxygens (including phenoxy) is 1. The maximum atomic E-state index is 13.0. The number of rotatable bonds is 7. The van der Waals surface area contributed by atoms with Crippen molar-refractivity contribution in [1.29, 1.82) is 0 Å². The summed E-state index contributed by atoms with van der Waals surface area (Å²) in [6.45, 7) is 3.26. The number of carbonyl (C=O) groups is 3. The normalized spacial score (nSPS) is 14.0. The van der Waals surface area contributed by atoms with E-state index in [-0.39, 0.29) is 30.2 Å². The van der Waals surface area contributed by atoms with E-state index >= 15 is 0 Å². The largest absolute Gasteiger partial charge is 0.495 e. The summed E-state index contributed by atoms with van der Waals surface area (Å²) >= 11 is 5.89. The first-order chi connectivity index (χ1) is 15.4. The highest BCUT2D eigenvalue weighted by Crippen LogP contribution is 2.24. The minimum absolute atomic E-state index is 0.0305. The van der Waals surface area contributed by atoms with Crippen LogP contribution >= 0.6 is 11.6 Å². The van der Waals surface area contributed by atoms with E-state index in [2.05, 4.69) is 5.32 Å². The molecule has 2 aromatic rings. The number of benzene rings is 2. The minimum atomic E-state index is -0.278. The maximum Gasteiger partial charge on any atom is 0.253 e. The number of para-hydroxylation sites is 2. The number of likely N-dealkylation sites (N-methyl/N-ethyl adjacent to an activating group) is 1. The average molecular weight is 458 g/mol. The van der Waals surface area contributed by atoms with Gasteiger partial charge in [-0.05, 0) is 56.2 Å². The highest BCUT2D eigenvalue weighted by atomic mass is 35.5. The van der Waals surface area contributed by atoms with Gasteiger partial charge in [-0.1, -0.05) is 23.7 Å². The van der Waals surface area contributed by atoms with E-state index in [4.69, 9.17) is 16.3 Å². The number of methoxy groups -OCH3 is 1. The van der Waals surface area contributed by atoms with Crippen LogP contribution in [0, 0.1) is 5.92 Å². The van der Waals surface area contributed by atoms with Gasteiger partial charge in [-0.15, -0.1) is 0 Å². The molecule has 0 bridgehead atoms. The third kappa shape index (κ3) is 5.79. The molecule has 1 saturated heterocycles. The fourth-order valence-electron chi connectivity index (χ4n) is 3.82. The smallest absolute Gasteiger partial charge is 0.253 e. The Morgan fingerprint density at radius 3 is 2.38 bits per heavy atom. The first-order valence-electron chi connectivity index (χ1n) is 10.7. The zero-order valence-electron chi connectivity index (χ0n) is 18.3. The zero-order valence-corrected chi connectivity index (χ0v) is 19.1. The van der Waals surface area contributed by atoms with Gasteiger partial charge < -0.3 is 19.9 Å². The molecule has 1 aliphatic rings. The highest BCUT2D eigenvalue weighted by molar-refractivity contribution is 6.30. The van der Waals surface area contributed by atoms with Crippen LogP contribution in [0.15, 0.2) is 48.5 Å². The van der Waals surface area contributed by atoms with Crippen LogP contribution in [-0.4, -0.2) is 60.8 Å². The molecule has 0 aliphatic carbocycles. The molecule has 1 N–H and O–H groups in total. The average Bonchev–Trinajstić information content (AvgIpc) is 2.82. The van der Waals surface area contributed by atoms with Gasteiger partial charge in [0.25, 0.3) is 5.91 Å². The second-order valence-corrected chi connectivity index (χ2v) is 8.11. The van der Waals surface area contributed by atoms with Crippen molar-refractivity contribution in [3.05, 3.63) is 59.1 Å². The number of amides is 3. The van der Waals surface area contributed by atoms with Crippen molar-refractivity contribution in [2.45, 2.75) is 19.8 Å². The maximum absolute atomic E-state index is 13.0. The SMILES string of the molecule is CCN(CC(=O)Nc1ccccc1OC)C(=O)C1CCN(C(=O)c2ccc(Cl)cc2)CC1. The summed E-state index contributed by atoms with van der Waals surface area (Å²) in [5.74, 6) is -0.0337. The number of likely N-dealkylation sites (tertiary alicyclic amines) is 1. The number of hydrogen-bond donors (Lipinski definition) is 1. The lowest BCUT2D eigenvalue weighted by atomic mass is 9.94. The van der Waals surface area contributed by atoms with Crippen molar-refractivity contribution < 1.29 is 19.1 Å². The molecule has 32 heavy (non-hydrogen) atoms. The van der Waals surface area contributed by atoms with Crippen LogP contribution in [0.1, 0.15) is 30.1 Å². The van der Waals surface area contributed by atoms with E-state index in [1.807, 2.05) is 13.0 Å². The number of carbonyl (C=O) groups excluding carboxylic acids is 3. The molecule has 0 atom stereocenters. The van der Waals surface area contributed by atoms with Gasteiger partial charge in [0.15, 0.2) is 0 Å². The van der Waals surface area contributed by atoms with Crippen molar-refractivity contribution in [1.82, 2.24) is 9.80 Å². The summed E-state index contributed by atoms with van der Waals surface area (Å²) in [4.78, 5) is 41.6. The van der Waals surface area contributed by atoms with E-state index in [0.29, 0.717) is 54.5 Å². The van der Waals surface area contributed by atoms with Gasteiger partial charge in [0.2, 0.25) is 11.8 Å². The van der Waals surface area contributed by atoms with E-state index in [9.17, 15) is 14.4 Å². The molecule has 0 aromatic heterocycles. The predicted molar refractivity (Wildman–Crippen MR) is 124 cm³/mol. The summed E-state index contributed by atoms with van der Waals surface area (Å²) in [7, 11) is 1.54. The quantitative estimate of drug-likeness (QED) is 0.687. The van der Waals surface area contributed by atoms with Crippen LogP contribution in [-0.2, 0) is 9.59 Å². The second-order valence-electron chi connectivity index (χ2n) is 7.67. The summed E-state index contributed by atoms with van der Waals surface area (Å²) in [5.41, 5.74) is 1.15. The van der Waals surface area contributed by atoms with Crippen LogP contribution in [0.5, 0.6) is 5.75 Å². The Morgan fingerprint density at radius 1 is 1.09 bits per heavy atom. The Labute approximate surface area is 193 Å². The third-order valence-corrected chi connectivity index (χ3v) is 5.88. The predicted octanol–water partition coefficient (Wildman–Crippen LogP) is 3.69. The zero-order chi connectivity index (χ0) is 23.1. The monoisotopic (exact) mass is 457 g/mol. The summed E-state index contributed by atoms with van der Waals surface area (Å²) in [6.07, 6.45) is 1.14. The minimum Gasteiger partial charge on any atom is -0.495 e. The second kappa shape index (κ2) is 11.0. The molecule has 1 aliphatic heterocycles. The molecular weight excluding hydrogens is 430 g/mol. The Hall–Kier alpha value is -3.06. The number of halogens is 1. The van der Waals surface area contributed by atoms with Crippen molar-refractivity contribution in [2.24, 2.45) is 5.92 Å². The van der Waals surface area contributed by atoms with Gasteiger partial charge in [-0.3, -0.25) is 14.4 Å². The lowest BCUT2D eigenvalue weighted by Crippen LogP contribution is -2.46. The van der Waals surface area contributed by atoms with Crippen LogP contribution in [0.4, 0.5) is 5.69 Å². The Bertz CT molecular complexity index is 956. The van der Waals surface area contributed by atoms with Crippen molar-refractivity contribution in [3.63, 3.8) is 0 Å². The Kier molecular flexibility index (Phi) is 8.11. The van der Waals surface area contributed by atoms with Gasteiger partial charge >= 0.3 is 0 Å². The standard InChI is InChI=1S/C24H28ClN3O4/c1-3-27(16-22(29)26-20-6-4-5-7-21(20)32-2)23(30)18-12-14-28(15-13-18)24(31)17-8-10-19(25)11-9-17/h4-11,18H,3,12-16H2,1-2H3,(H,26,29). The molecular formula is C24H28ClN3O4. The van der Waals surface area contributed by atoms with Crippen molar-refractivity contribution in [3.8, 4) is 5.75 Å². The van der Waals surface area contributed by atoms with E-state index < -0.39 is 0 Å². The summed E-state index contributed by atoms with van der Waals surface area (Å²) in [5, 5.41) is 3.39. The lowest BCUT2D eigenvalue weighted by Gasteiger charge is -2.34. The molecule has 0 radical (unpaired) electrons. The molecule has 0 saturated carbocycles. The van der Waals surface area contributed by atoms with Gasteiger partial charge in [-0.25, -0.2) is 0 Å². The Morgan fingerprint density at radius 2 is 1.75 bits per heavy atom. The number of nitrogens with zero attached hydrogens (tertiary/aromatic N) is 2. The fourth-order valence-corrected chi connectivity index (χ4v) is 3.95. The van der Waals surface area contributed by atoms with Gasteiger partial charge in [0.05, 0.1) is 19.3 Å². The number of piperidine rings is 1. The van der Waals surface area contributed by atoms with Gasteiger partial charge in [0.1, 0.15) is 5.75 Å². The lowest BCUT2D eigenvalue weighted by molar-refractivity contribution is -0.139. The Balaban J connectivity index is 1.54. The first kappa shape index (κ1) is 23.6. The molecule has 3 rings (SSSR count). The fraction of sp³-hybridized carbons (Fsp3) is 0.375. The molecule has 0 spiro atoms. The van der Waals surface area contributed by atoms with Gasteiger partial charge in [0, 0.05) is 36.1 Å². The molecule has 1 fully saturated rings. The molecule has 0 unspecified atom stereocenters. The number of nitrogens with one attached hydrogen (secondary N) is 1. The molecule has 1 heterocycles. The number of anilines is 1. The highest BCUT2D eigenvalue weighted by Gasteiger charge is 2.31. The van der Waals surface area contributed by atoms with Crippen molar-refractivity contribution in [2.75, 3.05) is 38.6 Å². The molecule has 2 aromatic carbocycles. The van der Waals surface area contributed by atoms with Crippen molar-refractivity contribution >= 4 is 35.0 Å². The van der Waals surface area contributed by atoms with Crippen LogP contribution in [0.2, 0.25) is 5.02 Å². The molecule has 3 amide bonds. The van der Waals surface area contributed by atoms with E-state index in [0.717, 1.165) is 0 Å². The third-order valence-electron chi connectivity index (χ3n) is 5.63. The molecule has 170 valence electrons. The van der Waals surface area contributed by atoms with Crippen LogP contribution in [0.25, 0.3) is 0 Å². The molecule has 7 nitrogen and oxygen atoms in total.